The van der Waals surface area contributed by atoms with Gasteiger partial charge >= 0.3 is 12.0 Å². The highest BCUT2D eigenvalue weighted by atomic mass is 16.4. The van der Waals surface area contributed by atoms with Crippen LogP contribution in [0.25, 0.3) is 6.08 Å². The van der Waals surface area contributed by atoms with Gasteiger partial charge in [-0.15, -0.1) is 0 Å². The Morgan fingerprint density at radius 1 is 1.26 bits per heavy atom. The minimum absolute atomic E-state index is 0.100. The van der Waals surface area contributed by atoms with Gasteiger partial charge in [0.1, 0.15) is 0 Å². The average molecular weight is 262 g/mol. The number of rotatable bonds is 5. The van der Waals surface area contributed by atoms with E-state index in [2.05, 4.69) is 10.6 Å². The maximum Gasteiger partial charge on any atom is 0.328 e. The molecule has 5 heteroatoms. The van der Waals surface area contributed by atoms with Crippen molar-refractivity contribution >= 4 is 18.1 Å². The Bertz CT molecular complexity index is 464. The summed E-state index contributed by atoms with van der Waals surface area (Å²) in [5, 5.41) is 14.0. The van der Waals surface area contributed by atoms with Crippen LogP contribution in [0, 0.1) is 0 Å². The molecule has 3 N–H and O–H groups in total. The zero-order valence-corrected chi connectivity index (χ0v) is 11.0. The lowest BCUT2D eigenvalue weighted by atomic mass is 10.1. The molecule has 1 rings (SSSR count). The maximum absolute atomic E-state index is 11.4. The predicted octanol–water partition coefficient (Wildman–Crippen LogP) is 1.99. The smallest absolute Gasteiger partial charge is 0.328 e. The van der Waals surface area contributed by atoms with E-state index < -0.39 is 5.97 Å². The molecule has 0 aromatic heterocycles. The lowest BCUT2D eigenvalue weighted by molar-refractivity contribution is -0.131. The van der Waals surface area contributed by atoms with Crippen LogP contribution >= 0.6 is 0 Å². The zero-order valence-electron chi connectivity index (χ0n) is 11.0. The van der Waals surface area contributed by atoms with Gasteiger partial charge in [-0.25, -0.2) is 9.59 Å². The fourth-order valence-corrected chi connectivity index (χ4v) is 1.41. The Hall–Kier alpha value is -2.30. The van der Waals surface area contributed by atoms with Crippen LogP contribution in [0.2, 0.25) is 0 Å². The molecule has 2 amide bonds. The Balaban J connectivity index is 2.48. The molecule has 0 saturated heterocycles. The van der Waals surface area contributed by atoms with Crippen molar-refractivity contribution in [3.8, 4) is 0 Å². The molecule has 1 aromatic carbocycles. The number of hydrogen-bond acceptors (Lipinski definition) is 2. The Morgan fingerprint density at radius 2 is 1.89 bits per heavy atom. The maximum atomic E-state index is 11.4. The molecule has 19 heavy (non-hydrogen) atoms. The summed E-state index contributed by atoms with van der Waals surface area (Å²) < 4.78 is 0. The number of carboxylic acids is 1. The minimum atomic E-state index is -0.976. The summed E-state index contributed by atoms with van der Waals surface area (Å²) in [6.45, 7) is 4.22. The van der Waals surface area contributed by atoms with E-state index in [1.165, 1.54) is 6.08 Å². The summed E-state index contributed by atoms with van der Waals surface area (Å²) in [6, 6.07) is 7.19. The monoisotopic (exact) mass is 262 g/mol. The summed E-state index contributed by atoms with van der Waals surface area (Å²) in [6.07, 6.45) is 2.61. The number of benzene rings is 1. The van der Waals surface area contributed by atoms with Crippen molar-refractivity contribution in [3.05, 3.63) is 41.5 Å². The molecular weight excluding hydrogens is 244 g/mol. The van der Waals surface area contributed by atoms with Crippen LogP contribution in [0.15, 0.2) is 30.3 Å². The molecule has 0 fully saturated rings. The third kappa shape index (κ3) is 6.26. The molecule has 0 spiro atoms. The molecule has 5 nitrogen and oxygen atoms in total. The normalized spacial score (nSPS) is 10.7. The number of aliphatic carboxylic acids is 1. The third-order valence-corrected chi connectivity index (χ3v) is 2.27. The van der Waals surface area contributed by atoms with Crippen LogP contribution in [-0.4, -0.2) is 23.1 Å². The summed E-state index contributed by atoms with van der Waals surface area (Å²) in [7, 11) is 0. The second-order valence-corrected chi connectivity index (χ2v) is 4.39. The van der Waals surface area contributed by atoms with Crippen molar-refractivity contribution in [2.75, 3.05) is 0 Å². The van der Waals surface area contributed by atoms with E-state index in [0.717, 1.165) is 17.2 Å². The third-order valence-electron chi connectivity index (χ3n) is 2.27. The highest BCUT2D eigenvalue weighted by molar-refractivity contribution is 5.85. The van der Waals surface area contributed by atoms with E-state index in [-0.39, 0.29) is 12.1 Å². The van der Waals surface area contributed by atoms with Crippen LogP contribution in [-0.2, 0) is 11.3 Å². The summed E-state index contributed by atoms with van der Waals surface area (Å²) in [5.74, 6) is -0.976. The van der Waals surface area contributed by atoms with Crippen molar-refractivity contribution < 1.29 is 14.7 Å². The lowest BCUT2D eigenvalue weighted by Crippen LogP contribution is -2.39. The molecule has 0 heterocycles. The molecule has 0 aliphatic heterocycles. The highest BCUT2D eigenvalue weighted by Gasteiger charge is 2.01. The Labute approximate surface area is 112 Å². The second kappa shape index (κ2) is 7.20. The van der Waals surface area contributed by atoms with Crippen LogP contribution < -0.4 is 10.6 Å². The average Bonchev–Trinajstić information content (AvgIpc) is 2.34. The predicted molar refractivity (Wildman–Crippen MR) is 73.6 cm³/mol. The minimum Gasteiger partial charge on any atom is -0.478 e. The van der Waals surface area contributed by atoms with Gasteiger partial charge in [-0.3, -0.25) is 0 Å². The molecule has 0 aliphatic rings. The van der Waals surface area contributed by atoms with Gasteiger partial charge in [0.2, 0.25) is 0 Å². The topological polar surface area (TPSA) is 78.4 Å². The van der Waals surface area contributed by atoms with Crippen molar-refractivity contribution in [2.45, 2.75) is 26.4 Å². The largest absolute Gasteiger partial charge is 0.478 e. The summed E-state index contributed by atoms with van der Waals surface area (Å²) in [5.41, 5.74) is 1.75. The number of nitrogens with one attached hydrogen (secondary N) is 2. The van der Waals surface area contributed by atoms with Crippen LogP contribution in [0.4, 0.5) is 4.79 Å². The SMILES string of the molecule is CC(C)NC(=O)NCc1ccc(C=CC(=O)O)cc1. The standard InChI is InChI=1S/C14H18N2O3/c1-10(2)16-14(19)15-9-12-5-3-11(4-6-12)7-8-13(17)18/h3-8,10H,9H2,1-2H3,(H,17,18)(H2,15,16,19). The van der Waals surface area contributed by atoms with E-state index in [1.54, 1.807) is 12.1 Å². The molecule has 0 bridgehead atoms. The van der Waals surface area contributed by atoms with Crippen molar-refractivity contribution in [3.63, 3.8) is 0 Å². The van der Waals surface area contributed by atoms with E-state index in [1.807, 2.05) is 26.0 Å². The molecule has 0 radical (unpaired) electrons. The lowest BCUT2D eigenvalue weighted by Gasteiger charge is -2.10. The fraction of sp³-hybridized carbons (Fsp3) is 0.286. The Morgan fingerprint density at radius 3 is 2.42 bits per heavy atom. The van der Waals surface area contributed by atoms with Gasteiger partial charge in [0, 0.05) is 18.7 Å². The van der Waals surface area contributed by atoms with Crippen LogP contribution in [0.1, 0.15) is 25.0 Å². The van der Waals surface area contributed by atoms with Crippen molar-refractivity contribution in [2.24, 2.45) is 0 Å². The van der Waals surface area contributed by atoms with E-state index in [0.29, 0.717) is 6.54 Å². The zero-order chi connectivity index (χ0) is 14.3. The Kier molecular flexibility index (Phi) is 5.60. The van der Waals surface area contributed by atoms with Crippen molar-refractivity contribution in [1.29, 1.82) is 0 Å². The van der Waals surface area contributed by atoms with Gasteiger partial charge < -0.3 is 15.7 Å². The van der Waals surface area contributed by atoms with Crippen LogP contribution in [0.5, 0.6) is 0 Å². The summed E-state index contributed by atoms with van der Waals surface area (Å²) >= 11 is 0. The van der Waals surface area contributed by atoms with E-state index in [4.69, 9.17) is 5.11 Å². The number of carbonyl (C=O) groups is 2. The van der Waals surface area contributed by atoms with Gasteiger partial charge in [-0.05, 0) is 31.1 Å². The van der Waals surface area contributed by atoms with Gasteiger partial charge in [0.15, 0.2) is 0 Å². The van der Waals surface area contributed by atoms with Gasteiger partial charge in [-0.1, -0.05) is 24.3 Å². The van der Waals surface area contributed by atoms with Crippen molar-refractivity contribution in [1.82, 2.24) is 10.6 Å². The molecule has 0 atom stereocenters. The first-order valence-electron chi connectivity index (χ1n) is 6.01. The quantitative estimate of drug-likeness (QED) is 0.710. The van der Waals surface area contributed by atoms with Gasteiger partial charge in [0.25, 0.3) is 0 Å². The number of carbonyl (C=O) groups excluding carboxylic acids is 1. The first kappa shape index (κ1) is 14.8. The number of hydrogen-bond donors (Lipinski definition) is 3. The van der Waals surface area contributed by atoms with Crippen LogP contribution in [0.3, 0.4) is 0 Å². The first-order valence-corrected chi connectivity index (χ1v) is 6.01. The molecule has 0 unspecified atom stereocenters. The van der Waals surface area contributed by atoms with Gasteiger partial charge in [0.05, 0.1) is 0 Å². The highest BCUT2D eigenvalue weighted by Crippen LogP contribution is 2.06. The molecule has 1 aromatic rings. The fourth-order valence-electron chi connectivity index (χ4n) is 1.41. The van der Waals surface area contributed by atoms with E-state index in [9.17, 15) is 9.59 Å². The molecule has 102 valence electrons. The summed E-state index contributed by atoms with van der Waals surface area (Å²) in [4.78, 5) is 21.7. The van der Waals surface area contributed by atoms with Gasteiger partial charge in [-0.2, -0.15) is 0 Å². The molecule has 0 saturated carbocycles. The molecule has 0 aliphatic carbocycles. The first-order chi connectivity index (χ1) is 8.97. The van der Waals surface area contributed by atoms with E-state index >= 15 is 0 Å². The number of amides is 2. The second-order valence-electron chi connectivity index (χ2n) is 4.39. The number of carboxylic acid groups (broad SMARTS) is 1. The molecular formula is C14H18N2O3. The number of urea groups is 1.